The number of para-hydroxylation sites is 2. The topological polar surface area (TPSA) is 24.4 Å². The second-order valence-electron chi connectivity index (χ2n) is 6.83. The Bertz CT molecular complexity index is 1110. The molecule has 0 unspecified atom stereocenters. The molecule has 0 aromatic heterocycles. The first kappa shape index (κ1) is 20.2. The molecule has 0 amide bonds. The number of nitrogens with one attached hydrogen (secondary N) is 1. The summed E-state index contributed by atoms with van der Waals surface area (Å²) in [6.45, 7) is 0. The van der Waals surface area contributed by atoms with Gasteiger partial charge in [0.1, 0.15) is 0 Å². The first-order chi connectivity index (χ1) is 14.7. The SMILES string of the molecule is Clc1ccc(C(=Nc2ccccc2)[C@@H](Nc2ccccc2)c2ccc(Cl)cc2)cc1. The number of hydrogen-bond donors (Lipinski definition) is 1. The van der Waals surface area contributed by atoms with E-state index in [0.717, 1.165) is 28.2 Å². The predicted octanol–water partition coefficient (Wildman–Crippen LogP) is 7.97. The standard InChI is InChI=1S/C26H20Cl2N2/c27-21-15-11-19(12-16-21)25(29-23-7-3-1-4-8-23)26(20-13-17-22(28)18-14-20)30-24-9-5-2-6-10-24/h1-18,25,29H/t25-/m0/s1. The number of anilines is 1. The number of nitrogens with zero attached hydrogens (tertiary/aromatic N) is 1. The fourth-order valence-electron chi connectivity index (χ4n) is 3.22. The van der Waals surface area contributed by atoms with Crippen LogP contribution in [0.4, 0.5) is 11.4 Å². The fourth-order valence-corrected chi connectivity index (χ4v) is 3.48. The molecule has 1 N–H and O–H groups in total. The zero-order valence-electron chi connectivity index (χ0n) is 16.2. The van der Waals surface area contributed by atoms with Crippen LogP contribution in [0.5, 0.6) is 0 Å². The monoisotopic (exact) mass is 430 g/mol. The fraction of sp³-hybridized carbons (Fsp3) is 0.0385. The zero-order valence-corrected chi connectivity index (χ0v) is 17.7. The molecule has 4 aromatic rings. The van der Waals surface area contributed by atoms with Crippen LogP contribution in [-0.2, 0) is 0 Å². The molecule has 4 heteroatoms. The van der Waals surface area contributed by atoms with Crippen molar-refractivity contribution in [2.45, 2.75) is 6.04 Å². The Morgan fingerprint density at radius 2 is 1.17 bits per heavy atom. The van der Waals surface area contributed by atoms with Crippen LogP contribution in [0.15, 0.2) is 114 Å². The summed E-state index contributed by atoms with van der Waals surface area (Å²) in [7, 11) is 0. The van der Waals surface area contributed by atoms with Gasteiger partial charge in [-0.15, -0.1) is 0 Å². The largest absolute Gasteiger partial charge is 0.373 e. The lowest BCUT2D eigenvalue weighted by Gasteiger charge is -2.23. The summed E-state index contributed by atoms with van der Waals surface area (Å²) in [6, 6.07) is 35.5. The van der Waals surface area contributed by atoms with Gasteiger partial charge in [-0.2, -0.15) is 0 Å². The Hall–Kier alpha value is -3.07. The van der Waals surface area contributed by atoms with E-state index in [1.54, 1.807) is 0 Å². The van der Waals surface area contributed by atoms with Crippen molar-refractivity contribution in [2.24, 2.45) is 4.99 Å². The molecule has 0 saturated heterocycles. The van der Waals surface area contributed by atoms with Crippen LogP contribution in [0, 0.1) is 0 Å². The number of halogens is 2. The van der Waals surface area contributed by atoms with E-state index in [1.165, 1.54) is 0 Å². The summed E-state index contributed by atoms with van der Waals surface area (Å²) in [5.74, 6) is 0. The summed E-state index contributed by atoms with van der Waals surface area (Å²) < 4.78 is 0. The van der Waals surface area contributed by atoms with Crippen LogP contribution in [-0.4, -0.2) is 5.71 Å². The van der Waals surface area contributed by atoms with Gasteiger partial charge in [-0.25, -0.2) is 0 Å². The maximum Gasteiger partial charge on any atom is 0.0946 e. The van der Waals surface area contributed by atoms with E-state index in [1.807, 2.05) is 109 Å². The number of benzene rings is 4. The smallest absolute Gasteiger partial charge is 0.0946 e. The van der Waals surface area contributed by atoms with E-state index in [4.69, 9.17) is 28.2 Å². The van der Waals surface area contributed by atoms with E-state index >= 15 is 0 Å². The van der Waals surface area contributed by atoms with Gasteiger partial charge >= 0.3 is 0 Å². The molecule has 0 spiro atoms. The molecule has 4 rings (SSSR count). The molecular formula is C26H20Cl2N2. The summed E-state index contributed by atoms with van der Waals surface area (Å²) in [5.41, 5.74) is 4.84. The summed E-state index contributed by atoms with van der Waals surface area (Å²) in [6.07, 6.45) is 0. The molecule has 0 aliphatic carbocycles. The van der Waals surface area contributed by atoms with E-state index in [0.29, 0.717) is 10.0 Å². The molecule has 2 nitrogen and oxygen atoms in total. The molecule has 0 bridgehead atoms. The van der Waals surface area contributed by atoms with Crippen molar-refractivity contribution in [3.05, 3.63) is 130 Å². The van der Waals surface area contributed by atoms with Gasteiger partial charge in [0.05, 0.1) is 17.4 Å². The van der Waals surface area contributed by atoms with Crippen molar-refractivity contribution in [1.82, 2.24) is 0 Å². The zero-order chi connectivity index (χ0) is 20.8. The molecule has 0 fully saturated rings. The molecule has 30 heavy (non-hydrogen) atoms. The third-order valence-electron chi connectivity index (χ3n) is 4.71. The van der Waals surface area contributed by atoms with Crippen molar-refractivity contribution in [3.8, 4) is 0 Å². The molecule has 0 radical (unpaired) electrons. The van der Waals surface area contributed by atoms with E-state index in [9.17, 15) is 0 Å². The maximum atomic E-state index is 6.16. The van der Waals surface area contributed by atoms with Crippen LogP contribution in [0.1, 0.15) is 17.2 Å². The third-order valence-corrected chi connectivity index (χ3v) is 5.21. The average molecular weight is 431 g/mol. The molecule has 0 saturated carbocycles. The van der Waals surface area contributed by atoms with Crippen molar-refractivity contribution in [2.75, 3.05) is 5.32 Å². The predicted molar refractivity (Wildman–Crippen MR) is 128 cm³/mol. The molecule has 1 atom stereocenters. The Labute approximate surface area is 186 Å². The Balaban J connectivity index is 1.86. The lowest BCUT2D eigenvalue weighted by Crippen LogP contribution is -2.22. The maximum absolute atomic E-state index is 6.16. The molecule has 0 aliphatic heterocycles. The lowest BCUT2D eigenvalue weighted by molar-refractivity contribution is 1.03. The van der Waals surface area contributed by atoms with Gasteiger partial charge < -0.3 is 5.32 Å². The minimum absolute atomic E-state index is 0.189. The molecular weight excluding hydrogens is 411 g/mol. The number of aliphatic imine (C=N–C) groups is 1. The Morgan fingerprint density at radius 3 is 1.77 bits per heavy atom. The van der Waals surface area contributed by atoms with Crippen molar-refractivity contribution in [1.29, 1.82) is 0 Å². The van der Waals surface area contributed by atoms with Gasteiger partial charge in [0.15, 0.2) is 0 Å². The summed E-state index contributed by atoms with van der Waals surface area (Å²) >= 11 is 12.3. The van der Waals surface area contributed by atoms with E-state index < -0.39 is 0 Å². The first-order valence-electron chi connectivity index (χ1n) is 9.66. The quantitative estimate of drug-likeness (QED) is 0.308. The van der Waals surface area contributed by atoms with Crippen molar-refractivity contribution >= 4 is 40.3 Å². The highest BCUT2D eigenvalue weighted by molar-refractivity contribution is 6.31. The minimum Gasteiger partial charge on any atom is -0.373 e. The highest BCUT2D eigenvalue weighted by atomic mass is 35.5. The van der Waals surface area contributed by atoms with Crippen molar-refractivity contribution in [3.63, 3.8) is 0 Å². The van der Waals surface area contributed by atoms with Gasteiger partial charge in [0, 0.05) is 15.7 Å². The Morgan fingerprint density at radius 1 is 0.633 bits per heavy atom. The minimum atomic E-state index is -0.189. The second-order valence-corrected chi connectivity index (χ2v) is 7.71. The average Bonchev–Trinajstić information content (AvgIpc) is 2.79. The highest BCUT2D eigenvalue weighted by Gasteiger charge is 2.21. The summed E-state index contributed by atoms with van der Waals surface area (Å²) in [4.78, 5) is 5.03. The van der Waals surface area contributed by atoms with Crippen LogP contribution in [0.2, 0.25) is 10.0 Å². The van der Waals surface area contributed by atoms with Crippen LogP contribution in [0.25, 0.3) is 0 Å². The molecule has 0 heterocycles. The van der Waals surface area contributed by atoms with Gasteiger partial charge in [-0.3, -0.25) is 4.99 Å². The van der Waals surface area contributed by atoms with E-state index in [-0.39, 0.29) is 6.04 Å². The lowest BCUT2D eigenvalue weighted by atomic mass is 9.95. The van der Waals surface area contributed by atoms with Gasteiger partial charge in [-0.05, 0) is 59.7 Å². The molecule has 148 valence electrons. The first-order valence-corrected chi connectivity index (χ1v) is 10.4. The van der Waals surface area contributed by atoms with E-state index in [2.05, 4.69) is 5.32 Å². The number of hydrogen-bond acceptors (Lipinski definition) is 2. The van der Waals surface area contributed by atoms with Crippen molar-refractivity contribution < 1.29 is 0 Å². The third kappa shape index (κ3) is 5.10. The molecule has 0 aliphatic rings. The van der Waals surface area contributed by atoms with Crippen LogP contribution >= 0.6 is 23.2 Å². The van der Waals surface area contributed by atoms with Gasteiger partial charge in [-0.1, -0.05) is 83.9 Å². The number of rotatable bonds is 6. The van der Waals surface area contributed by atoms with Gasteiger partial charge in [0.25, 0.3) is 0 Å². The van der Waals surface area contributed by atoms with Crippen LogP contribution in [0.3, 0.4) is 0 Å². The van der Waals surface area contributed by atoms with Crippen LogP contribution < -0.4 is 5.32 Å². The van der Waals surface area contributed by atoms with Gasteiger partial charge in [0.2, 0.25) is 0 Å². The normalized spacial score (nSPS) is 12.4. The second kappa shape index (κ2) is 9.62. The molecule has 4 aromatic carbocycles. The highest BCUT2D eigenvalue weighted by Crippen LogP contribution is 2.28. The summed E-state index contributed by atoms with van der Waals surface area (Å²) in [5, 5.41) is 5.03. The Kier molecular flexibility index (Phi) is 6.48.